The molecule has 0 radical (unpaired) electrons. The van der Waals surface area contributed by atoms with Gasteiger partial charge >= 0.3 is 0 Å². The quantitative estimate of drug-likeness (QED) is 0.576. The smallest absolute Gasteiger partial charge is 0.241 e. The van der Waals surface area contributed by atoms with Gasteiger partial charge in [-0.1, -0.05) is 21.1 Å². The van der Waals surface area contributed by atoms with Crippen molar-refractivity contribution in [2.75, 3.05) is 25.5 Å². The first-order chi connectivity index (χ1) is 14.6. The zero-order chi connectivity index (χ0) is 20.9. The lowest BCUT2D eigenvalue weighted by atomic mass is 9.96. The second-order valence-corrected chi connectivity index (χ2v) is 8.20. The van der Waals surface area contributed by atoms with E-state index in [9.17, 15) is 4.79 Å². The van der Waals surface area contributed by atoms with Crippen LogP contribution in [-0.2, 0) is 11.3 Å². The molecule has 30 heavy (non-hydrogen) atoms. The number of nitrogens with zero attached hydrogens (tertiary/aromatic N) is 3. The van der Waals surface area contributed by atoms with Crippen molar-refractivity contribution in [3.8, 4) is 17.1 Å². The number of carbonyl (C=O) groups excluding carboxylic acids is 1. The standard InChI is InChI=1S/C22H23BrN4O3/c1-29-19-8-6-18(7-9-19)24-22(28)16-10-12-27(13-11-16)14-20-25-21(26-30-20)15-2-4-17(23)5-3-15/h2-9,16H,10-14H2,1H3,(H,24,28). The molecule has 0 saturated carbocycles. The molecule has 0 aliphatic carbocycles. The number of benzene rings is 2. The molecule has 2 heterocycles. The molecule has 1 N–H and O–H groups in total. The van der Waals surface area contributed by atoms with Gasteiger partial charge in [0.1, 0.15) is 5.75 Å². The van der Waals surface area contributed by atoms with Crippen LogP contribution in [0.2, 0.25) is 0 Å². The zero-order valence-corrected chi connectivity index (χ0v) is 18.3. The van der Waals surface area contributed by atoms with E-state index in [1.54, 1.807) is 7.11 Å². The lowest BCUT2D eigenvalue weighted by molar-refractivity contribution is -0.121. The van der Waals surface area contributed by atoms with Crippen molar-refractivity contribution in [1.82, 2.24) is 15.0 Å². The summed E-state index contributed by atoms with van der Waals surface area (Å²) in [5, 5.41) is 7.08. The van der Waals surface area contributed by atoms with Crippen molar-refractivity contribution in [2.45, 2.75) is 19.4 Å². The first-order valence-corrected chi connectivity index (χ1v) is 10.7. The average Bonchev–Trinajstić information content (AvgIpc) is 3.23. The summed E-state index contributed by atoms with van der Waals surface area (Å²) in [4.78, 5) is 19.3. The summed E-state index contributed by atoms with van der Waals surface area (Å²) >= 11 is 3.42. The summed E-state index contributed by atoms with van der Waals surface area (Å²) in [6.45, 7) is 2.23. The van der Waals surface area contributed by atoms with Crippen molar-refractivity contribution in [3.63, 3.8) is 0 Å². The molecule has 3 aromatic rings. The van der Waals surface area contributed by atoms with Gasteiger partial charge in [-0.15, -0.1) is 0 Å². The third-order valence-corrected chi connectivity index (χ3v) is 5.77. The Morgan fingerprint density at radius 2 is 1.87 bits per heavy atom. The largest absolute Gasteiger partial charge is 0.497 e. The summed E-state index contributed by atoms with van der Waals surface area (Å²) in [6.07, 6.45) is 1.60. The van der Waals surface area contributed by atoms with Gasteiger partial charge < -0.3 is 14.6 Å². The third kappa shape index (κ3) is 5.06. The number of methoxy groups -OCH3 is 1. The Balaban J connectivity index is 1.27. The molecule has 156 valence electrons. The van der Waals surface area contributed by atoms with E-state index in [2.05, 4.69) is 36.3 Å². The number of aromatic nitrogens is 2. The molecule has 0 atom stereocenters. The van der Waals surface area contributed by atoms with Crippen LogP contribution in [0.25, 0.3) is 11.4 Å². The fourth-order valence-electron chi connectivity index (χ4n) is 3.50. The van der Waals surface area contributed by atoms with E-state index in [-0.39, 0.29) is 11.8 Å². The number of nitrogens with one attached hydrogen (secondary N) is 1. The maximum atomic E-state index is 12.6. The van der Waals surface area contributed by atoms with E-state index >= 15 is 0 Å². The van der Waals surface area contributed by atoms with Gasteiger partial charge in [0.05, 0.1) is 13.7 Å². The Labute approximate surface area is 183 Å². The van der Waals surface area contributed by atoms with Gasteiger partial charge in [0, 0.05) is 21.6 Å². The molecule has 1 saturated heterocycles. The van der Waals surface area contributed by atoms with Gasteiger partial charge in [0.2, 0.25) is 17.6 Å². The average molecular weight is 471 g/mol. The van der Waals surface area contributed by atoms with E-state index in [4.69, 9.17) is 9.26 Å². The van der Waals surface area contributed by atoms with E-state index in [1.165, 1.54) is 0 Å². The number of amides is 1. The number of carbonyl (C=O) groups is 1. The molecule has 1 fully saturated rings. The van der Waals surface area contributed by atoms with Crippen molar-refractivity contribution < 1.29 is 14.1 Å². The normalized spacial score (nSPS) is 15.1. The third-order valence-electron chi connectivity index (χ3n) is 5.25. The molecule has 0 unspecified atom stereocenters. The minimum atomic E-state index is 0.00404. The maximum absolute atomic E-state index is 12.6. The molecule has 1 aliphatic rings. The highest BCUT2D eigenvalue weighted by atomic mass is 79.9. The minimum absolute atomic E-state index is 0.00404. The van der Waals surface area contributed by atoms with Gasteiger partial charge in [-0.25, -0.2) is 0 Å². The van der Waals surface area contributed by atoms with Crippen LogP contribution in [0.1, 0.15) is 18.7 Å². The number of rotatable bonds is 6. The van der Waals surface area contributed by atoms with Crippen LogP contribution in [0.5, 0.6) is 5.75 Å². The van der Waals surface area contributed by atoms with Crippen LogP contribution in [0.15, 0.2) is 57.5 Å². The molecule has 2 aromatic carbocycles. The van der Waals surface area contributed by atoms with E-state index < -0.39 is 0 Å². The molecule has 0 bridgehead atoms. The van der Waals surface area contributed by atoms with E-state index in [0.717, 1.165) is 47.4 Å². The second kappa shape index (κ2) is 9.40. The van der Waals surface area contributed by atoms with Crippen LogP contribution in [0.4, 0.5) is 5.69 Å². The predicted octanol–water partition coefficient (Wildman–Crippen LogP) is 4.36. The summed E-state index contributed by atoms with van der Waals surface area (Å²) in [7, 11) is 1.62. The van der Waals surface area contributed by atoms with Gasteiger partial charge in [0.15, 0.2) is 0 Å². The van der Waals surface area contributed by atoms with Gasteiger partial charge in [-0.05, 0) is 74.5 Å². The lowest BCUT2D eigenvalue weighted by Crippen LogP contribution is -2.37. The number of anilines is 1. The van der Waals surface area contributed by atoms with Crippen molar-refractivity contribution >= 4 is 27.5 Å². The highest BCUT2D eigenvalue weighted by molar-refractivity contribution is 9.10. The number of hydrogen-bond donors (Lipinski definition) is 1. The van der Waals surface area contributed by atoms with Gasteiger partial charge in [-0.2, -0.15) is 4.98 Å². The Bertz CT molecular complexity index is 980. The molecule has 8 heteroatoms. The molecule has 1 aliphatic heterocycles. The Morgan fingerprint density at radius 3 is 2.53 bits per heavy atom. The summed E-state index contributed by atoms with van der Waals surface area (Å²) in [5.74, 6) is 2.02. The Morgan fingerprint density at radius 1 is 1.17 bits per heavy atom. The number of halogens is 1. The Hall–Kier alpha value is -2.71. The molecule has 1 amide bonds. The first kappa shape index (κ1) is 20.6. The van der Waals surface area contributed by atoms with Crippen molar-refractivity contribution in [3.05, 3.63) is 58.9 Å². The summed E-state index contributed by atoms with van der Waals surface area (Å²) in [5.41, 5.74) is 1.71. The first-order valence-electron chi connectivity index (χ1n) is 9.86. The molecule has 7 nitrogen and oxygen atoms in total. The van der Waals surface area contributed by atoms with Crippen LogP contribution >= 0.6 is 15.9 Å². The predicted molar refractivity (Wildman–Crippen MR) is 117 cm³/mol. The van der Waals surface area contributed by atoms with E-state index in [1.807, 2.05) is 48.5 Å². The van der Waals surface area contributed by atoms with Crippen molar-refractivity contribution in [1.29, 1.82) is 0 Å². The number of ether oxygens (including phenoxy) is 1. The summed E-state index contributed by atoms with van der Waals surface area (Å²) in [6, 6.07) is 15.2. The van der Waals surface area contributed by atoms with Crippen LogP contribution in [0, 0.1) is 5.92 Å². The second-order valence-electron chi connectivity index (χ2n) is 7.29. The topological polar surface area (TPSA) is 80.5 Å². The highest BCUT2D eigenvalue weighted by Crippen LogP contribution is 2.23. The maximum Gasteiger partial charge on any atom is 0.241 e. The number of hydrogen-bond acceptors (Lipinski definition) is 6. The van der Waals surface area contributed by atoms with Crippen LogP contribution in [0.3, 0.4) is 0 Å². The monoisotopic (exact) mass is 470 g/mol. The number of piperidine rings is 1. The fourth-order valence-corrected chi connectivity index (χ4v) is 3.76. The van der Waals surface area contributed by atoms with Gasteiger partial charge in [-0.3, -0.25) is 9.69 Å². The summed E-state index contributed by atoms with van der Waals surface area (Å²) < 4.78 is 11.6. The van der Waals surface area contributed by atoms with Gasteiger partial charge in [0.25, 0.3) is 0 Å². The molecule has 4 rings (SSSR count). The fraction of sp³-hybridized carbons (Fsp3) is 0.318. The zero-order valence-electron chi connectivity index (χ0n) is 16.7. The minimum Gasteiger partial charge on any atom is -0.497 e. The van der Waals surface area contributed by atoms with Crippen LogP contribution < -0.4 is 10.1 Å². The molecule has 0 spiro atoms. The lowest BCUT2D eigenvalue weighted by Gasteiger charge is -2.30. The van der Waals surface area contributed by atoms with Crippen molar-refractivity contribution in [2.24, 2.45) is 5.92 Å². The molecular formula is C22H23BrN4O3. The SMILES string of the molecule is COc1ccc(NC(=O)C2CCN(Cc3nc(-c4ccc(Br)cc4)no3)CC2)cc1. The molecule has 1 aromatic heterocycles. The Kier molecular flexibility index (Phi) is 6.44. The highest BCUT2D eigenvalue weighted by Gasteiger charge is 2.26. The number of likely N-dealkylation sites (tertiary alicyclic amines) is 1. The molecular weight excluding hydrogens is 448 g/mol. The van der Waals surface area contributed by atoms with Crippen LogP contribution in [-0.4, -0.2) is 41.1 Å². The van der Waals surface area contributed by atoms with E-state index in [0.29, 0.717) is 18.3 Å².